The van der Waals surface area contributed by atoms with E-state index in [1.165, 1.54) is 7.11 Å². The number of aromatic nitrogens is 3. The van der Waals surface area contributed by atoms with Crippen LogP contribution in [0, 0.1) is 6.92 Å². The minimum absolute atomic E-state index is 0.291. The van der Waals surface area contributed by atoms with Gasteiger partial charge in [0.1, 0.15) is 5.82 Å². The number of nitrogens with zero attached hydrogens (tertiary/aromatic N) is 3. The summed E-state index contributed by atoms with van der Waals surface area (Å²) in [6.45, 7) is 1.80. The lowest BCUT2D eigenvalue weighted by molar-refractivity contribution is 0.0601. The minimum Gasteiger partial charge on any atom is -0.465 e. The topological polar surface area (TPSA) is 56.5 Å². The molecule has 0 fully saturated rings. The molecule has 0 atom stereocenters. The molecular weight excluding hydrogens is 218 g/mol. The summed E-state index contributed by atoms with van der Waals surface area (Å²) in [5.41, 5.74) is 0.858. The Balaban J connectivity index is 2.68. The molecule has 2 heterocycles. The van der Waals surface area contributed by atoms with E-state index >= 15 is 0 Å². The Morgan fingerprint density at radius 1 is 1.53 bits per heavy atom. The first kappa shape index (κ1) is 9.92. The van der Waals surface area contributed by atoms with Crippen molar-refractivity contribution in [2.24, 2.45) is 0 Å². The second-order valence-electron chi connectivity index (χ2n) is 3.00. The average Bonchev–Trinajstić information content (AvgIpc) is 2.58. The number of rotatable bonds is 1. The Morgan fingerprint density at radius 3 is 2.93 bits per heavy atom. The summed E-state index contributed by atoms with van der Waals surface area (Å²) in [5.74, 6) is 0.228. The highest BCUT2D eigenvalue weighted by molar-refractivity contribution is 6.33. The summed E-state index contributed by atoms with van der Waals surface area (Å²) >= 11 is 5.93. The molecule has 0 saturated heterocycles. The van der Waals surface area contributed by atoms with E-state index in [9.17, 15) is 4.79 Å². The number of carbonyl (C=O) groups is 1. The standard InChI is InChI=1S/C9H8ClN3O2/c1-5-11-12-8-3-6(9(14)15-2)7(10)4-13(5)8/h3-4H,1-2H3. The third-order valence-corrected chi connectivity index (χ3v) is 2.37. The van der Waals surface area contributed by atoms with E-state index in [0.717, 1.165) is 0 Å². The van der Waals surface area contributed by atoms with Gasteiger partial charge in [-0.05, 0) is 13.0 Å². The maximum atomic E-state index is 11.3. The van der Waals surface area contributed by atoms with Crippen molar-refractivity contribution in [1.29, 1.82) is 0 Å². The molecule has 0 radical (unpaired) electrons. The number of hydrogen-bond acceptors (Lipinski definition) is 4. The van der Waals surface area contributed by atoms with Crippen LogP contribution < -0.4 is 0 Å². The van der Waals surface area contributed by atoms with E-state index in [-0.39, 0.29) is 0 Å². The Bertz CT molecular complexity index is 535. The summed E-state index contributed by atoms with van der Waals surface area (Å²) in [7, 11) is 1.30. The van der Waals surface area contributed by atoms with E-state index in [2.05, 4.69) is 14.9 Å². The van der Waals surface area contributed by atoms with E-state index in [1.54, 1.807) is 23.6 Å². The quantitative estimate of drug-likeness (QED) is 0.690. The lowest BCUT2D eigenvalue weighted by Crippen LogP contribution is -2.03. The van der Waals surface area contributed by atoms with Crippen molar-refractivity contribution in [2.75, 3.05) is 7.11 Å². The van der Waals surface area contributed by atoms with Gasteiger partial charge in [0.15, 0.2) is 5.65 Å². The number of pyridine rings is 1. The van der Waals surface area contributed by atoms with Crippen molar-refractivity contribution in [3.8, 4) is 0 Å². The molecule has 0 aliphatic carbocycles. The van der Waals surface area contributed by atoms with Gasteiger partial charge in [0, 0.05) is 6.20 Å². The van der Waals surface area contributed by atoms with Gasteiger partial charge in [-0.2, -0.15) is 0 Å². The zero-order valence-electron chi connectivity index (χ0n) is 8.19. The van der Waals surface area contributed by atoms with Gasteiger partial charge < -0.3 is 4.74 Å². The Hall–Kier alpha value is -1.62. The van der Waals surface area contributed by atoms with Gasteiger partial charge >= 0.3 is 5.97 Å². The number of methoxy groups -OCH3 is 1. The average molecular weight is 226 g/mol. The lowest BCUT2D eigenvalue weighted by atomic mass is 10.2. The largest absolute Gasteiger partial charge is 0.465 e. The summed E-state index contributed by atoms with van der Waals surface area (Å²) in [5, 5.41) is 8.07. The number of aryl methyl sites for hydroxylation is 1. The van der Waals surface area contributed by atoms with E-state index < -0.39 is 5.97 Å². The van der Waals surface area contributed by atoms with Crippen LogP contribution in [0.2, 0.25) is 5.02 Å². The zero-order chi connectivity index (χ0) is 11.0. The second kappa shape index (κ2) is 3.51. The Morgan fingerprint density at radius 2 is 2.27 bits per heavy atom. The smallest absolute Gasteiger partial charge is 0.339 e. The lowest BCUT2D eigenvalue weighted by Gasteiger charge is -2.02. The van der Waals surface area contributed by atoms with Crippen molar-refractivity contribution in [3.63, 3.8) is 0 Å². The van der Waals surface area contributed by atoms with E-state index in [0.29, 0.717) is 22.1 Å². The van der Waals surface area contributed by atoms with Crippen LogP contribution in [0.5, 0.6) is 0 Å². The first-order valence-corrected chi connectivity index (χ1v) is 4.60. The van der Waals surface area contributed by atoms with Crippen molar-refractivity contribution < 1.29 is 9.53 Å². The fourth-order valence-electron chi connectivity index (χ4n) is 1.29. The summed E-state index contributed by atoms with van der Waals surface area (Å²) in [6.07, 6.45) is 1.60. The minimum atomic E-state index is -0.483. The monoisotopic (exact) mass is 225 g/mol. The molecule has 78 valence electrons. The predicted octanol–water partition coefficient (Wildman–Crippen LogP) is 1.48. The molecule has 5 nitrogen and oxygen atoms in total. The highest BCUT2D eigenvalue weighted by Crippen LogP contribution is 2.18. The van der Waals surface area contributed by atoms with Crippen molar-refractivity contribution in [1.82, 2.24) is 14.6 Å². The van der Waals surface area contributed by atoms with Crippen LogP contribution in [0.3, 0.4) is 0 Å². The number of esters is 1. The molecule has 0 bridgehead atoms. The molecule has 0 spiro atoms. The van der Waals surface area contributed by atoms with Crippen molar-refractivity contribution >= 4 is 23.2 Å². The Labute approximate surface area is 90.6 Å². The molecule has 0 unspecified atom stereocenters. The maximum absolute atomic E-state index is 11.3. The van der Waals surface area contributed by atoms with Crippen molar-refractivity contribution in [2.45, 2.75) is 6.92 Å². The molecule has 0 amide bonds. The molecule has 0 saturated carbocycles. The van der Waals surface area contributed by atoms with Gasteiger partial charge in [-0.15, -0.1) is 10.2 Å². The fourth-order valence-corrected chi connectivity index (χ4v) is 1.52. The fraction of sp³-hybridized carbons (Fsp3) is 0.222. The summed E-state index contributed by atoms with van der Waals surface area (Å²) in [4.78, 5) is 11.3. The molecule has 6 heteroatoms. The SMILES string of the molecule is COC(=O)c1cc2nnc(C)n2cc1Cl. The Kier molecular flexibility index (Phi) is 2.32. The predicted molar refractivity (Wildman–Crippen MR) is 54.1 cm³/mol. The molecule has 0 aliphatic rings. The summed E-state index contributed by atoms with van der Waals surface area (Å²) < 4.78 is 6.30. The molecule has 2 aromatic heterocycles. The van der Waals surface area contributed by atoms with Gasteiger partial charge in [-0.3, -0.25) is 4.40 Å². The third-order valence-electron chi connectivity index (χ3n) is 2.07. The van der Waals surface area contributed by atoms with Gasteiger partial charge in [0.05, 0.1) is 17.7 Å². The number of carbonyl (C=O) groups excluding carboxylic acids is 1. The molecule has 2 rings (SSSR count). The number of halogens is 1. The van der Waals surface area contributed by atoms with Gasteiger partial charge in [0.2, 0.25) is 0 Å². The van der Waals surface area contributed by atoms with E-state index in [4.69, 9.17) is 11.6 Å². The molecule has 2 aromatic rings. The second-order valence-corrected chi connectivity index (χ2v) is 3.41. The summed E-state index contributed by atoms with van der Waals surface area (Å²) in [6, 6.07) is 1.55. The van der Waals surface area contributed by atoms with Crippen molar-refractivity contribution in [3.05, 3.63) is 28.7 Å². The molecule has 15 heavy (non-hydrogen) atoms. The highest BCUT2D eigenvalue weighted by Gasteiger charge is 2.13. The van der Waals surface area contributed by atoms with Crippen LogP contribution in [-0.4, -0.2) is 27.7 Å². The number of hydrogen-bond donors (Lipinski definition) is 0. The van der Waals surface area contributed by atoms with Crippen LogP contribution in [-0.2, 0) is 4.74 Å². The molecule has 0 aliphatic heterocycles. The number of ether oxygens (including phenoxy) is 1. The van der Waals surface area contributed by atoms with E-state index in [1.807, 2.05) is 0 Å². The first-order valence-electron chi connectivity index (χ1n) is 4.22. The van der Waals surface area contributed by atoms with Gasteiger partial charge in [-0.1, -0.05) is 11.6 Å². The molecular formula is C9H8ClN3O2. The normalized spacial score (nSPS) is 10.6. The first-order chi connectivity index (χ1) is 7.13. The van der Waals surface area contributed by atoms with Crippen LogP contribution in [0.1, 0.15) is 16.2 Å². The maximum Gasteiger partial charge on any atom is 0.339 e. The van der Waals surface area contributed by atoms with Gasteiger partial charge in [0.25, 0.3) is 0 Å². The van der Waals surface area contributed by atoms with Crippen LogP contribution >= 0.6 is 11.6 Å². The highest BCUT2D eigenvalue weighted by atomic mass is 35.5. The zero-order valence-corrected chi connectivity index (χ0v) is 8.95. The van der Waals surface area contributed by atoms with Crippen LogP contribution in [0.4, 0.5) is 0 Å². The molecule has 0 aromatic carbocycles. The van der Waals surface area contributed by atoms with Crippen LogP contribution in [0.15, 0.2) is 12.3 Å². The number of fused-ring (bicyclic) bond motifs is 1. The molecule has 0 N–H and O–H groups in total. The third kappa shape index (κ3) is 1.55. The van der Waals surface area contributed by atoms with Crippen LogP contribution in [0.25, 0.3) is 5.65 Å². The van der Waals surface area contributed by atoms with Gasteiger partial charge in [-0.25, -0.2) is 4.79 Å².